The topological polar surface area (TPSA) is 45.2 Å². The van der Waals surface area contributed by atoms with Gasteiger partial charge in [0.15, 0.2) is 0 Å². The zero-order chi connectivity index (χ0) is 18.6. The molecule has 4 heteroatoms. The summed E-state index contributed by atoms with van der Waals surface area (Å²) in [5.41, 5.74) is 5.37. The molecule has 0 fully saturated rings. The Morgan fingerprint density at radius 2 is 1.89 bits per heavy atom. The molecular weight excluding hydrogens is 334 g/mol. The molecule has 27 heavy (non-hydrogen) atoms. The number of benzene rings is 2. The minimum atomic E-state index is 0.0140. The highest BCUT2D eigenvalue weighted by Gasteiger charge is 2.23. The Hall–Kier alpha value is -3.14. The number of hydrogen-bond acceptors (Lipinski definition) is 3. The second-order valence-electron chi connectivity index (χ2n) is 6.90. The third-order valence-electron chi connectivity index (χ3n) is 5.09. The van der Waals surface area contributed by atoms with Gasteiger partial charge in [-0.2, -0.15) is 0 Å². The zero-order valence-electron chi connectivity index (χ0n) is 15.5. The first-order valence-electron chi connectivity index (χ1n) is 9.36. The molecule has 1 N–H and O–H groups in total. The summed E-state index contributed by atoms with van der Waals surface area (Å²) in [6.07, 6.45) is 3.69. The van der Waals surface area contributed by atoms with E-state index >= 15 is 0 Å². The van der Waals surface area contributed by atoms with Crippen molar-refractivity contribution < 1.29 is 4.79 Å². The largest absolute Gasteiger partial charge is 0.366 e. The molecule has 0 bridgehead atoms. The number of para-hydroxylation sites is 1. The highest BCUT2D eigenvalue weighted by Crippen LogP contribution is 2.28. The van der Waals surface area contributed by atoms with Gasteiger partial charge < -0.3 is 10.2 Å². The summed E-state index contributed by atoms with van der Waals surface area (Å²) in [6.45, 7) is 3.57. The van der Waals surface area contributed by atoms with Crippen LogP contribution in [0.4, 0.5) is 11.5 Å². The van der Waals surface area contributed by atoms with E-state index < -0.39 is 0 Å². The molecule has 1 aliphatic heterocycles. The summed E-state index contributed by atoms with van der Waals surface area (Å²) < 4.78 is 0. The van der Waals surface area contributed by atoms with Crippen molar-refractivity contribution in [3.05, 3.63) is 89.1 Å². The van der Waals surface area contributed by atoms with Crippen molar-refractivity contribution in [3.8, 4) is 0 Å². The molecular formula is C23H23N3O. The summed E-state index contributed by atoms with van der Waals surface area (Å²) in [6, 6.07) is 20.2. The maximum atomic E-state index is 13.0. The van der Waals surface area contributed by atoms with Crippen molar-refractivity contribution in [3.63, 3.8) is 0 Å². The number of carbonyl (C=O) groups is 1. The predicted molar refractivity (Wildman–Crippen MR) is 109 cm³/mol. The SMILES string of the molecule is Cc1ccccc1CNc1ccc(C(=O)N2CCCc3ccccc32)cn1. The summed E-state index contributed by atoms with van der Waals surface area (Å²) in [5, 5.41) is 3.33. The third kappa shape index (κ3) is 3.70. The van der Waals surface area contributed by atoms with Crippen LogP contribution in [0.1, 0.15) is 33.5 Å². The quantitative estimate of drug-likeness (QED) is 0.742. The third-order valence-corrected chi connectivity index (χ3v) is 5.09. The van der Waals surface area contributed by atoms with Gasteiger partial charge in [0.25, 0.3) is 5.91 Å². The van der Waals surface area contributed by atoms with Crippen molar-refractivity contribution >= 4 is 17.4 Å². The van der Waals surface area contributed by atoms with Gasteiger partial charge in [0.05, 0.1) is 5.56 Å². The smallest absolute Gasteiger partial charge is 0.259 e. The summed E-state index contributed by atoms with van der Waals surface area (Å²) in [7, 11) is 0. The minimum Gasteiger partial charge on any atom is -0.366 e. The molecule has 2 aromatic carbocycles. The molecule has 136 valence electrons. The summed E-state index contributed by atoms with van der Waals surface area (Å²) in [4.78, 5) is 19.3. The van der Waals surface area contributed by atoms with Gasteiger partial charge in [0, 0.05) is 25.0 Å². The van der Waals surface area contributed by atoms with E-state index in [0.717, 1.165) is 30.9 Å². The van der Waals surface area contributed by atoms with Crippen molar-refractivity contribution in [2.75, 3.05) is 16.8 Å². The molecule has 1 aromatic heterocycles. The van der Waals surface area contributed by atoms with Crippen LogP contribution in [0.15, 0.2) is 66.9 Å². The van der Waals surface area contributed by atoms with Crippen LogP contribution in [0, 0.1) is 6.92 Å². The van der Waals surface area contributed by atoms with E-state index in [-0.39, 0.29) is 5.91 Å². The number of amides is 1. The molecule has 4 nitrogen and oxygen atoms in total. The second-order valence-corrected chi connectivity index (χ2v) is 6.90. The lowest BCUT2D eigenvalue weighted by Gasteiger charge is -2.29. The molecule has 1 aliphatic rings. The van der Waals surface area contributed by atoms with Crippen LogP contribution in [0.3, 0.4) is 0 Å². The molecule has 0 aliphatic carbocycles. The lowest BCUT2D eigenvalue weighted by atomic mass is 10.0. The second kappa shape index (κ2) is 7.62. The van der Waals surface area contributed by atoms with E-state index in [1.807, 2.05) is 47.4 Å². The van der Waals surface area contributed by atoms with E-state index in [1.165, 1.54) is 16.7 Å². The van der Waals surface area contributed by atoms with Gasteiger partial charge in [-0.15, -0.1) is 0 Å². The highest BCUT2D eigenvalue weighted by atomic mass is 16.2. The number of fused-ring (bicyclic) bond motifs is 1. The van der Waals surface area contributed by atoms with Crippen molar-refractivity contribution in [2.24, 2.45) is 0 Å². The molecule has 0 spiro atoms. The molecule has 4 rings (SSSR count). The molecule has 0 saturated carbocycles. The van der Waals surface area contributed by atoms with Crippen LogP contribution in [0.5, 0.6) is 0 Å². The highest BCUT2D eigenvalue weighted by molar-refractivity contribution is 6.06. The van der Waals surface area contributed by atoms with Crippen LogP contribution < -0.4 is 10.2 Å². The van der Waals surface area contributed by atoms with E-state index in [9.17, 15) is 4.79 Å². The molecule has 0 radical (unpaired) electrons. The fraction of sp³-hybridized carbons (Fsp3) is 0.217. The lowest BCUT2D eigenvalue weighted by molar-refractivity contribution is 0.0985. The number of anilines is 2. The Kier molecular flexibility index (Phi) is 4.88. The molecule has 2 heterocycles. The van der Waals surface area contributed by atoms with Gasteiger partial charge in [-0.05, 0) is 54.7 Å². The fourth-order valence-electron chi connectivity index (χ4n) is 3.52. The van der Waals surface area contributed by atoms with Crippen molar-refractivity contribution in [2.45, 2.75) is 26.3 Å². The van der Waals surface area contributed by atoms with Gasteiger partial charge in [-0.3, -0.25) is 4.79 Å². The Morgan fingerprint density at radius 3 is 2.70 bits per heavy atom. The molecule has 3 aromatic rings. The van der Waals surface area contributed by atoms with Gasteiger partial charge in [0.2, 0.25) is 0 Å². The average molecular weight is 357 g/mol. The predicted octanol–water partition coefficient (Wildman–Crippen LogP) is 4.60. The molecule has 1 amide bonds. The monoisotopic (exact) mass is 357 g/mol. The van der Waals surface area contributed by atoms with Crippen LogP contribution in [0.2, 0.25) is 0 Å². The average Bonchev–Trinajstić information content (AvgIpc) is 2.73. The Bertz CT molecular complexity index is 950. The van der Waals surface area contributed by atoms with E-state index in [2.05, 4.69) is 35.4 Å². The molecule has 0 unspecified atom stereocenters. The van der Waals surface area contributed by atoms with Crippen LogP contribution in [0.25, 0.3) is 0 Å². The van der Waals surface area contributed by atoms with Crippen LogP contribution in [-0.2, 0) is 13.0 Å². The number of nitrogens with zero attached hydrogens (tertiary/aromatic N) is 2. The summed E-state index contributed by atoms with van der Waals surface area (Å²) >= 11 is 0. The van der Waals surface area contributed by atoms with Crippen LogP contribution in [-0.4, -0.2) is 17.4 Å². The number of hydrogen-bond donors (Lipinski definition) is 1. The van der Waals surface area contributed by atoms with E-state index in [1.54, 1.807) is 6.20 Å². The number of nitrogens with one attached hydrogen (secondary N) is 1. The Balaban J connectivity index is 1.46. The standard InChI is InChI=1S/C23H23N3O/c1-17-7-2-3-9-19(17)15-24-22-13-12-20(16-25-22)23(27)26-14-6-10-18-8-4-5-11-21(18)26/h2-5,7-9,11-13,16H,6,10,14-15H2,1H3,(H,24,25). The molecule has 0 saturated heterocycles. The first-order chi connectivity index (χ1) is 13.2. The number of carbonyl (C=O) groups excluding carboxylic acids is 1. The minimum absolute atomic E-state index is 0.0140. The number of pyridine rings is 1. The first kappa shape index (κ1) is 17.3. The zero-order valence-corrected chi connectivity index (χ0v) is 15.5. The van der Waals surface area contributed by atoms with Gasteiger partial charge in [-0.1, -0.05) is 42.5 Å². The normalized spacial score (nSPS) is 13.1. The Labute approximate surface area is 159 Å². The van der Waals surface area contributed by atoms with Gasteiger partial charge >= 0.3 is 0 Å². The van der Waals surface area contributed by atoms with Crippen molar-refractivity contribution in [1.29, 1.82) is 0 Å². The number of aryl methyl sites for hydroxylation is 2. The lowest BCUT2D eigenvalue weighted by Crippen LogP contribution is -2.35. The maximum absolute atomic E-state index is 13.0. The number of aromatic nitrogens is 1. The van der Waals surface area contributed by atoms with Crippen LogP contribution >= 0.6 is 0 Å². The van der Waals surface area contributed by atoms with Gasteiger partial charge in [0.1, 0.15) is 5.82 Å². The number of rotatable bonds is 4. The molecule has 0 atom stereocenters. The van der Waals surface area contributed by atoms with Crippen molar-refractivity contribution in [1.82, 2.24) is 4.98 Å². The summed E-state index contributed by atoms with van der Waals surface area (Å²) in [5.74, 6) is 0.786. The first-order valence-corrected chi connectivity index (χ1v) is 9.36. The van der Waals surface area contributed by atoms with Gasteiger partial charge in [-0.25, -0.2) is 4.98 Å². The fourth-order valence-corrected chi connectivity index (χ4v) is 3.52. The van der Waals surface area contributed by atoms with E-state index in [0.29, 0.717) is 12.1 Å². The maximum Gasteiger partial charge on any atom is 0.259 e. The Morgan fingerprint density at radius 1 is 1.07 bits per heavy atom. The van der Waals surface area contributed by atoms with E-state index in [4.69, 9.17) is 0 Å².